The van der Waals surface area contributed by atoms with Crippen LogP contribution >= 0.6 is 11.6 Å². The van der Waals surface area contributed by atoms with Crippen molar-refractivity contribution in [3.05, 3.63) is 65.2 Å². The SMILES string of the molecule is COc1cc(-c2cccc(-c3ccc4c(c3)OCCO4)c2Cl)ccc1CN1CCN(S(C)(=O)=O)CC1. The summed E-state index contributed by atoms with van der Waals surface area (Å²) in [6, 6.07) is 18.0. The topological polar surface area (TPSA) is 68.3 Å². The summed E-state index contributed by atoms with van der Waals surface area (Å²) >= 11 is 6.93. The van der Waals surface area contributed by atoms with Crippen LogP contribution in [-0.2, 0) is 16.6 Å². The molecule has 0 amide bonds. The molecule has 0 aromatic heterocycles. The summed E-state index contributed by atoms with van der Waals surface area (Å²) in [6.45, 7) is 4.14. The molecule has 3 aromatic carbocycles. The molecule has 1 saturated heterocycles. The van der Waals surface area contributed by atoms with Crippen LogP contribution in [0, 0.1) is 0 Å². The average Bonchev–Trinajstić information content (AvgIpc) is 2.88. The first-order chi connectivity index (χ1) is 17.3. The Kier molecular flexibility index (Phi) is 7.12. The summed E-state index contributed by atoms with van der Waals surface area (Å²) in [7, 11) is -1.48. The highest BCUT2D eigenvalue weighted by Crippen LogP contribution is 2.41. The molecule has 5 rings (SSSR count). The third-order valence-electron chi connectivity index (χ3n) is 6.64. The lowest BCUT2D eigenvalue weighted by Gasteiger charge is -2.33. The first-order valence-corrected chi connectivity index (χ1v) is 14.1. The van der Waals surface area contributed by atoms with E-state index in [1.807, 2.05) is 42.5 Å². The maximum absolute atomic E-state index is 11.8. The number of hydrogen-bond acceptors (Lipinski definition) is 6. The molecule has 0 radical (unpaired) electrons. The van der Waals surface area contributed by atoms with Crippen molar-refractivity contribution in [3.8, 4) is 39.5 Å². The van der Waals surface area contributed by atoms with E-state index in [0.29, 0.717) is 51.0 Å². The van der Waals surface area contributed by atoms with Gasteiger partial charge in [-0.2, -0.15) is 4.31 Å². The third kappa shape index (κ3) is 5.18. The van der Waals surface area contributed by atoms with E-state index in [1.165, 1.54) is 10.6 Å². The highest BCUT2D eigenvalue weighted by atomic mass is 35.5. The minimum absolute atomic E-state index is 0.501. The van der Waals surface area contributed by atoms with Gasteiger partial charge in [0.25, 0.3) is 0 Å². The van der Waals surface area contributed by atoms with Crippen LogP contribution in [0.25, 0.3) is 22.3 Å². The molecule has 36 heavy (non-hydrogen) atoms. The second-order valence-corrected chi connectivity index (χ2v) is 11.4. The van der Waals surface area contributed by atoms with Crippen LogP contribution in [0.4, 0.5) is 0 Å². The van der Waals surface area contributed by atoms with Crippen molar-refractivity contribution in [2.45, 2.75) is 6.54 Å². The van der Waals surface area contributed by atoms with Crippen molar-refractivity contribution in [2.75, 3.05) is 52.8 Å². The summed E-state index contributed by atoms with van der Waals surface area (Å²) in [4.78, 5) is 2.24. The van der Waals surface area contributed by atoms with Crippen molar-refractivity contribution >= 4 is 21.6 Å². The number of piperazine rings is 1. The molecular weight excluding hydrogens is 500 g/mol. The molecule has 2 heterocycles. The van der Waals surface area contributed by atoms with Gasteiger partial charge in [0.15, 0.2) is 11.5 Å². The summed E-state index contributed by atoms with van der Waals surface area (Å²) in [5, 5.41) is 0.654. The summed E-state index contributed by atoms with van der Waals surface area (Å²) in [5.41, 5.74) is 4.80. The van der Waals surface area contributed by atoms with Crippen LogP contribution in [0.5, 0.6) is 17.2 Å². The molecular formula is C27H29ClN2O5S. The first-order valence-electron chi connectivity index (χ1n) is 11.9. The van der Waals surface area contributed by atoms with Crippen LogP contribution in [0.2, 0.25) is 5.02 Å². The lowest BCUT2D eigenvalue weighted by atomic mass is 9.97. The van der Waals surface area contributed by atoms with Crippen molar-refractivity contribution in [3.63, 3.8) is 0 Å². The van der Waals surface area contributed by atoms with Gasteiger partial charge in [-0.05, 0) is 29.3 Å². The van der Waals surface area contributed by atoms with E-state index in [2.05, 4.69) is 17.0 Å². The number of fused-ring (bicyclic) bond motifs is 1. The van der Waals surface area contributed by atoms with E-state index < -0.39 is 10.0 Å². The Bertz CT molecular complexity index is 1370. The molecule has 0 spiro atoms. The normalized spacial score (nSPS) is 16.6. The first kappa shape index (κ1) is 24.9. The Morgan fingerprint density at radius 3 is 2.19 bits per heavy atom. The number of hydrogen-bond donors (Lipinski definition) is 0. The van der Waals surface area contributed by atoms with Gasteiger partial charge in [-0.1, -0.05) is 48.0 Å². The third-order valence-corrected chi connectivity index (χ3v) is 8.35. The Hall–Kier alpha value is -2.78. The van der Waals surface area contributed by atoms with E-state index in [-0.39, 0.29) is 0 Å². The summed E-state index contributed by atoms with van der Waals surface area (Å²) in [5.74, 6) is 2.25. The number of rotatable bonds is 6. The number of methoxy groups -OCH3 is 1. The van der Waals surface area contributed by atoms with Crippen molar-refractivity contribution < 1.29 is 22.6 Å². The zero-order valence-electron chi connectivity index (χ0n) is 20.4. The predicted octanol–water partition coefficient (Wildman–Crippen LogP) is 4.53. The Morgan fingerprint density at radius 1 is 0.889 bits per heavy atom. The van der Waals surface area contributed by atoms with Crippen LogP contribution in [0.1, 0.15) is 5.56 Å². The molecule has 0 saturated carbocycles. The molecule has 2 aliphatic heterocycles. The minimum atomic E-state index is -3.15. The number of sulfonamides is 1. The molecule has 1 fully saturated rings. The number of ether oxygens (including phenoxy) is 3. The second kappa shape index (κ2) is 10.3. The molecule has 0 aliphatic carbocycles. The Labute approximate surface area is 217 Å². The van der Waals surface area contributed by atoms with Gasteiger partial charge in [-0.3, -0.25) is 4.90 Å². The largest absolute Gasteiger partial charge is 0.496 e. The fourth-order valence-electron chi connectivity index (χ4n) is 4.69. The van der Waals surface area contributed by atoms with Crippen LogP contribution in [0.3, 0.4) is 0 Å². The fourth-order valence-corrected chi connectivity index (χ4v) is 5.86. The molecule has 0 atom stereocenters. The van der Waals surface area contributed by atoms with E-state index in [4.69, 9.17) is 25.8 Å². The Balaban J connectivity index is 1.38. The van der Waals surface area contributed by atoms with E-state index >= 15 is 0 Å². The number of benzene rings is 3. The molecule has 7 nitrogen and oxygen atoms in total. The zero-order valence-corrected chi connectivity index (χ0v) is 21.9. The van der Waals surface area contributed by atoms with E-state index in [9.17, 15) is 8.42 Å². The molecule has 0 bridgehead atoms. The van der Waals surface area contributed by atoms with Gasteiger partial charge < -0.3 is 14.2 Å². The summed E-state index contributed by atoms with van der Waals surface area (Å²) < 4.78 is 42.2. The molecule has 0 N–H and O–H groups in total. The minimum Gasteiger partial charge on any atom is -0.496 e. The summed E-state index contributed by atoms with van der Waals surface area (Å²) in [6.07, 6.45) is 1.26. The van der Waals surface area contributed by atoms with Gasteiger partial charge >= 0.3 is 0 Å². The lowest BCUT2D eigenvalue weighted by molar-refractivity contribution is 0.171. The number of nitrogens with zero attached hydrogens (tertiary/aromatic N) is 2. The van der Waals surface area contributed by atoms with Crippen molar-refractivity contribution in [1.29, 1.82) is 0 Å². The average molecular weight is 529 g/mol. The predicted molar refractivity (Wildman–Crippen MR) is 142 cm³/mol. The second-order valence-electron chi connectivity index (χ2n) is 8.99. The van der Waals surface area contributed by atoms with Crippen LogP contribution in [-0.4, -0.2) is 70.4 Å². The Morgan fingerprint density at radius 2 is 1.53 bits per heavy atom. The molecule has 0 unspecified atom stereocenters. The highest BCUT2D eigenvalue weighted by Gasteiger charge is 2.24. The van der Waals surface area contributed by atoms with E-state index in [0.717, 1.165) is 45.1 Å². The van der Waals surface area contributed by atoms with Crippen molar-refractivity contribution in [1.82, 2.24) is 9.21 Å². The van der Waals surface area contributed by atoms with E-state index in [1.54, 1.807) is 7.11 Å². The van der Waals surface area contributed by atoms with Gasteiger partial charge in [-0.15, -0.1) is 0 Å². The maximum Gasteiger partial charge on any atom is 0.211 e. The maximum atomic E-state index is 11.8. The fraction of sp³-hybridized carbons (Fsp3) is 0.333. The molecule has 3 aromatic rings. The van der Waals surface area contributed by atoms with Crippen molar-refractivity contribution in [2.24, 2.45) is 0 Å². The smallest absolute Gasteiger partial charge is 0.211 e. The molecule has 9 heteroatoms. The van der Waals surface area contributed by atoms with Crippen LogP contribution < -0.4 is 14.2 Å². The monoisotopic (exact) mass is 528 g/mol. The molecule has 190 valence electrons. The zero-order chi connectivity index (χ0) is 25.3. The standard InChI is InChI=1S/C27H29ClN2O5S/c1-33-25-16-19(6-7-21(25)18-29-10-12-30(13-11-29)36(2,31)32)22-4-3-5-23(27(22)28)20-8-9-24-26(17-20)35-15-14-34-24/h3-9,16-17H,10-15,18H2,1-2H3. The van der Waals surface area contributed by atoms with Gasteiger partial charge in [0.05, 0.1) is 18.4 Å². The number of halogens is 1. The quantitative estimate of drug-likeness (QED) is 0.468. The molecule has 2 aliphatic rings. The van der Waals surface area contributed by atoms with Gasteiger partial charge in [0, 0.05) is 49.4 Å². The lowest BCUT2D eigenvalue weighted by Crippen LogP contribution is -2.47. The van der Waals surface area contributed by atoms with Crippen LogP contribution in [0.15, 0.2) is 54.6 Å². The highest BCUT2D eigenvalue weighted by molar-refractivity contribution is 7.88. The van der Waals surface area contributed by atoms with Gasteiger partial charge in [-0.25, -0.2) is 8.42 Å². The van der Waals surface area contributed by atoms with Gasteiger partial charge in [0.1, 0.15) is 19.0 Å². The van der Waals surface area contributed by atoms with Gasteiger partial charge in [0.2, 0.25) is 10.0 Å².